The minimum atomic E-state index is 0.253. The first kappa shape index (κ1) is 15.2. The molecule has 19 heavy (non-hydrogen) atoms. The first-order chi connectivity index (χ1) is 8.63. The van der Waals surface area contributed by atoms with Crippen LogP contribution in [0, 0.1) is 10.8 Å². The quantitative estimate of drug-likeness (QED) is 0.809. The van der Waals surface area contributed by atoms with Crippen molar-refractivity contribution in [2.75, 3.05) is 5.75 Å². The van der Waals surface area contributed by atoms with Crippen LogP contribution in [-0.2, 0) is 0 Å². The summed E-state index contributed by atoms with van der Waals surface area (Å²) >= 11 is 1.91. The third kappa shape index (κ3) is 3.90. The highest BCUT2D eigenvalue weighted by Gasteiger charge is 2.39. The maximum absolute atomic E-state index is 5.04. The average Bonchev–Trinajstić information content (AvgIpc) is 2.56. The molecule has 0 amide bonds. The third-order valence-corrected chi connectivity index (χ3v) is 5.81. The van der Waals surface area contributed by atoms with Gasteiger partial charge in [0.2, 0.25) is 0 Å². The average molecular weight is 282 g/mol. The smallest absolute Gasteiger partial charge is 0.157 e. The highest BCUT2D eigenvalue weighted by Crippen LogP contribution is 2.47. The monoisotopic (exact) mass is 282 g/mol. The van der Waals surface area contributed by atoms with Gasteiger partial charge in [-0.1, -0.05) is 46.4 Å². The van der Waals surface area contributed by atoms with Crippen molar-refractivity contribution in [2.24, 2.45) is 15.8 Å². The number of thioether (sulfide) groups is 1. The lowest BCUT2D eigenvalue weighted by Crippen LogP contribution is -2.41. The zero-order valence-corrected chi connectivity index (χ0v) is 14.3. The number of hydrogen-bond acceptors (Lipinski definition) is 2. The summed E-state index contributed by atoms with van der Waals surface area (Å²) in [5.74, 6) is 1.15. The van der Waals surface area contributed by atoms with Crippen LogP contribution in [0.15, 0.2) is 4.99 Å². The Kier molecular flexibility index (Phi) is 3.99. The summed E-state index contributed by atoms with van der Waals surface area (Å²) < 4.78 is 0. The summed E-state index contributed by atoms with van der Waals surface area (Å²) in [4.78, 5) is 5.04. The molecular weight excluding hydrogens is 252 g/mol. The maximum atomic E-state index is 5.04. The topological polar surface area (TPSA) is 24.4 Å². The highest BCUT2D eigenvalue weighted by molar-refractivity contribution is 8.14. The fourth-order valence-electron chi connectivity index (χ4n) is 3.86. The molecule has 1 aliphatic heterocycles. The van der Waals surface area contributed by atoms with Crippen molar-refractivity contribution in [1.29, 1.82) is 0 Å². The molecule has 1 atom stereocenters. The lowest BCUT2D eigenvalue weighted by atomic mass is 9.64. The fraction of sp³-hybridized carbons (Fsp3) is 0.938. The van der Waals surface area contributed by atoms with Gasteiger partial charge in [0.15, 0.2) is 5.17 Å². The van der Waals surface area contributed by atoms with Gasteiger partial charge < -0.3 is 5.32 Å². The molecule has 0 aromatic rings. The molecule has 2 rings (SSSR count). The second-order valence-corrected chi connectivity index (χ2v) is 9.29. The van der Waals surface area contributed by atoms with Gasteiger partial charge >= 0.3 is 0 Å². The van der Waals surface area contributed by atoms with Crippen molar-refractivity contribution in [2.45, 2.75) is 78.8 Å². The number of amidine groups is 1. The van der Waals surface area contributed by atoms with Crippen LogP contribution in [0.1, 0.15) is 67.2 Å². The van der Waals surface area contributed by atoms with Crippen molar-refractivity contribution >= 4 is 16.9 Å². The SMILES string of the molecule is CCC1(C)CSC(=NC2CC(C)(C)CC(C)(C)C2)N1. The molecule has 2 fully saturated rings. The first-order valence-electron chi connectivity index (χ1n) is 7.62. The highest BCUT2D eigenvalue weighted by atomic mass is 32.2. The summed E-state index contributed by atoms with van der Waals surface area (Å²) in [5, 5.41) is 4.82. The van der Waals surface area contributed by atoms with Crippen molar-refractivity contribution in [1.82, 2.24) is 5.32 Å². The van der Waals surface area contributed by atoms with E-state index in [-0.39, 0.29) is 5.54 Å². The summed E-state index contributed by atoms with van der Waals surface area (Å²) in [5.41, 5.74) is 1.10. The Labute approximate surface area is 123 Å². The summed E-state index contributed by atoms with van der Waals surface area (Å²) in [6, 6.07) is 0.493. The van der Waals surface area contributed by atoms with Crippen LogP contribution in [0.4, 0.5) is 0 Å². The largest absolute Gasteiger partial charge is 0.359 e. The van der Waals surface area contributed by atoms with Gasteiger partial charge in [-0.2, -0.15) is 0 Å². The predicted molar refractivity (Wildman–Crippen MR) is 86.9 cm³/mol. The first-order valence-corrected chi connectivity index (χ1v) is 8.61. The number of nitrogens with one attached hydrogen (secondary N) is 1. The molecule has 0 aromatic heterocycles. The second-order valence-electron chi connectivity index (χ2n) is 8.33. The van der Waals surface area contributed by atoms with E-state index in [0.717, 1.165) is 5.75 Å². The van der Waals surface area contributed by atoms with E-state index in [1.54, 1.807) is 0 Å². The minimum Gasteiger partial charge on any atom is -0.359 e. The number of hydrogen-bond donors (Lipinski definition) is 1. The Balaban J connectivity index is 2.07. The lowest BCUT2D eigenvalue weighted by Gasteiger charge is -2.43. The van der Waals surface area contributed by atoms with E-state index in [9.17, 15) is 0 Å². The molecule has 1 heterocycles. The molecule has 0 aromatic carbocycles. The van der Waals surface area contributed by atoms with Gasteiger partial charge in [-0.15, -0.1) is 0 Å². The molecular formula is C16H30N2S. The van der Waals surface area contributed by atoms with E-state index >= 15 is 0 Å². The Morgan fingerprint density at radius 3 is 2.21 bits per heavy atom. The number of nitrogens with zero attached hydrogens (tertiary/aromatic N) is 1. The predicted octanol–water partition coefficient (Wildman–Crippen LogP) is 4.45. The van der Waals surface area contributed by atoms with Gasteiger partial charge in [-0.05, 0) is 43.4 Å². The van der Waals surface area contributed by atoms with Crippen molar-refractivity contribution in [3.8, 4) is 0 Å². The molecule has 0 spiro atoms. The van der Waals surface area contributed by atoms with Gasteiger partial charge in [0.1, 0.15) is 0 Å². The van der Waals surface area contributed by atoms with Crippen LogP contribution in [0.3, 0.4) is 0 Å². The zero-order valence-electron chi connectivity index (χ0n) is 13.5. The Morgan fingerprint density at radius 2 is 1.74 bits per heavy atom. The van der Waals surface area contributed by atoms with Crippen LogP contribution < -0.4 is 5.32 Å². The molecule has 2 aliphatic rings. The second kappa shape index (κ2) is 4.98. The Hall–Kier alpha value is -0.180. The van der Waals surface area contributed by atoms with E-state index in [2.05, 4.69) is 46.9 Å². The van der Waals surface area contributed by atoms with Gasteiger partial charge in [-0.25, -0.2) is 0 Å². The minimum absolute atomic E-state index is 0.253. The third-order valence-electron chi connectivity index (χ3n) is 4.55. The fourth-order valence-corrected chi connectivity index (χ4v) is 5.14. The van der Waals surface area contributed by atoms with E-state index in [1.165, 1.54) is 30.9 Å². The molecule has 1 aliphatic carbocycles. The van der Waals surface area contributed by atoms with Crippen molar-refractivity contribution in [3.63, 3.8) is 0 Å². The standard InChI is InChI=1S/C16H30N2S/c1-7-16(6)11-19-13(18-16)17-12-8-14(2,3)10-15(4,5)9-12/h12H,7-11H2,1-6H3,(H,17,18). The van der Waals surface area contributed by atoms with Crippen LogP contribution in [0.2, 0.25) is 0 Å². The lowest BCUT2D eigenvalue weighted by molar-refractivity contribution is 0.0997. The van der Waals surface area contributed by atoms with E-state index < -0.39 is 0 Å². The Morgan fingerprint density at radius 1 is 1.16 bits per heavy atom. The summed E-state index contributed by atoms with van der Waals surface area (Å²) in [7, 11) is 0. The van der Waals surface area contributed by atoms with E-state index in [0.29, 0.717) is 16.9 Å². The molecule has 1 saturated carbocycles. The van der Waals surface area contributed by atoms with Crippen LogP contribution >= 0.6 is 11.8 Å². The molecule has 1 unspecified atom stereocenters. The maximum Gasteiger partial charge on any atom is 0.157 e. The van der Waals surface area contributed by atoms with Crippen LogP contribution in [-0.4, -0.2) is 22.5 Å². The summed E-state index contributed by atoms with van der Waals surface area (Å²) in [6.07, 6.45) is 4.94. The van der Waals surface area contributed by atoms with Gasteiger partial charge in [0.25, 0.3) is 0 Å². The summed E-state index contributed by atoms with van der Waals surface area (Å²) in [6.45, 7) is 14.1. The molecule has 2 nitrogen and oxygen atoms in total. The molecule has 3 heteroatoms. The van der Waals surface area contributed by atoms with Crippen molar-refractivity contribution in [3.05, 3.63) is 0 Å². The van der Waals surface area contributed by atoms with Crippen molar-refractivity contribution < 1.29 is 0 Å². The van der Waals surface area contributed by atoms with Crippen LogP contribution in [0.5, 0.6) is 0 Å². The number of rotatable bonds is 2. The number of aliphatic imine (C=N–C) groups is 1. The van der Waals surface area contributed by atoms with Crippen LogP contribution in [0.25, 0.3) is 0 Å². The molecule has 0 radical (unpaired) electrons. The van der Waals surface area contributed by atoms with Gasteiger partial charge in [0, 0.05) is 11.3 Å². The zero-order chi connectivity index (χ0) is 14.3. The molecule has 110 valence electrons. The van der Waals surface area contributed by atoms with E-state index in [1.807, 2.05) is 11.8 Å². The molecule has 1 saturated heterocycles. The van der Waals surface area contributed by atoms with E-state index in [4.69, 9.17) is 4.99 Å². The van der Waals surface area contributed by atoms with Gasteiger partial charge in [-0.3, -0.25) is 4.99 Å². The Bertz CT molecular complexity index is 357. The molecule has 1 N–H and O–H groups in total. The van der Waals surface area contributed by atoms with Gasteiger partial charge in [0.05, 0.1) is 6.04 Å². The normalized spacial score (nSPS) is 36.4. The molecule has 0 bridgehead atoms.